The third-order valence-corrected chi connectivity index (χ3v) is 6.72. The van der Waals surface area contributed by atoms with Crippen LogP contribution >= 0.6 is 0 Å². The van der Waals surface area contributed by atoms with Gasteiger partial charge in [0.2, 0.25) is 10.0 Å². The Hall–Kier alpha value is -1.43. The molecule has 1 heterocycles. The molecular formula is C18H25NO3S. The van der Waals surface area contributed by atoms with E-state index in [1.165, 1.54) is 4.31 Å². The van der Waals surface area contributed by atoms with E-state index in [-0.39, 0.29) is 12.6 Å². The van der Waals surface area contributed by atoms with E-state index in [1.54, 1.807) is 20.8 Å². The van der Waals surface area contributed by atoms with Crippen LogP contribution in [-0.4, -0.2) is 41.8 Å². The smallest absolute Gasteiger partial charge is 0.219 e. The van der Waals surface area contributed by atoms with Gasteiger partial charge in [-0.05, 0) is 43.9 Å². The first-order chi connectivity index (χ1) is 10.7. The van der Waals surface area contributed by atoms with Crippen molar-refractivity contribution in [2.75, 3.05) is 13.2 Å². The summed E-state index contributed by atoms with van der Waals surface area (Å²) in [7, 11) is -3.47. The average Bonchev–Trinajstić information content (AvgIpc) is 2.91. The average molecular weight is 335 g/mol. The maximum absolute atomic E-state index is 12.8. The fourth-order valence-corrected chi connectivity index (χ4v) is 4.30. The molecule has 0 aliphatic carbocycles. The number of hydrogen-bond donors (Lipinski definition) is 1. The van der Waals surface area contributed by atoms with Gasteiger partial charge in [0.05, 0.1) is 10.8 Å². The van der Waals surface area contributed by atoms with Crippen LogP contribution in [0.25, 0.3) is 5.57 Å². The van der Waals surface area contributed by atoms with Gasteiger partial charge in [0.1, 0.15) is 0 Å². The molecule has 23 heavy (non-hydrogen) atoms. The summed E-state index contributed by atoms with van der Waals surface area (Å²) in [5, 5.41) is 9.40. The number of aliphatic hydroxyl groups excluding tert-OH is 1. The highest BCUT2D eigenvalue weighted by Gasteiger charge is 2.42. The van der Waals surface area contributed by atoms with Crippen LogP contribution in [0.2, 0.25) is 0 Å². The van der Waals surface area contributed by atoms with Gasteiger partial charge in [0.25, 0.3) is 0 Å². The number of sulfonamides is 1. The van der Waals surface area contributed by atoms with Crippen LogP contribution in [0.5, 0.6) is 0 Å². The quantitative estimate of drug-likeness (QED) is 0.900. The van der Waals surface area contributed by atoms with Crippen molar-refractivity contribution in [1.82, 2.24) is 4.31 Å². The van der Waals surface area contributed by atoms with E-state index >= 15 is 0 Å². The van der Waals surface area contributed by atoms with E-state index in [0.29, 0.717) is 13.0 Å². The molecule has 0 spiro atoms. The highest BCUT2D eigenvalue weighted by atomic mass is 32.2. The topological polar surface area (TPSA) is 57.6 Å². The van der Waals surface area contributed by atoms with Crippen molar-refractivity contribution in [1.29, 1.82) is 0 Å². The fourth-order valence-electron chi connectivity index (χ4n) is 2.78. The monoisotopic (exact) mass is 335 g/mol. The second kappa shape index (κ2) is 6.59. The summed E-state index contributed by atoms with van der Waals surface area (Å²) >= 11 is 0. The first kappa shape index (κ1) is 17.9. The minimum atomic E-state index is -3.47. The molecule has 0 unspecified atom stereocenters. The number of hydrogen-bond acceptors (Lipinski definition) is 3. The van der Waals surface area contributed by atoms with Gasteiger partial charge < -0.3 is 5.11 Å². The third-order valence-electron chi connectivity index (χ3n) is 4.15. The molecule has 1 N–H and O–H groups in total. The first-order valence-corrected chi connectivity index (χ1v) is 9.21. The Bertz CT molecular complexity index is 700. The molecule has 4 nitrogen and oxygen atoms in total. The normalized spacial score (nSPS) is 19.7. The van der Waals surface area contributed by atoms with Crippen LogP contribution in [0.15, 0.2) is 48.6 Å². The lowest BCUT2D eigenvalue weighted by atomic mass is 9.94. The largest absolute Gasteiger partial charge is 0.396 e. The number of aliphatic hydroxyl groups is 1. The van der Waals surface area contributed by atoms with Crippen molar-refractivity contribution in [3.8, 4) is 0 Å². The first-order valence-electron chi connectivity index (χ1n) is 7.77. The van der Waals surface area contributed by atoms with Crippen molar-refractivity contribution in [2.45, 2.75) is 38.0 Å². The highest BCUT2D eigenvalue weighted by molar-refractivity contribution is 7.90. The van der Waals surface area contributed by atoms with Crippen molar-refractivity contribution in [3.63, 3.8) is 0 Å². The summed E-state index contributed by atoms with van der Waals surface area (Å²) in [6, 6.07) is 9.35. The van der Waals surface area contributed by atoms with E-state index in [9.17, 15) is 13.5 Å². The minimum Gasteiger partial charge on any atom is -0.396 e. The van der Waals surface area contributed by atoms with E-state index in [1.807, 2.05) is 36.4 Å². The zero-order valence-electron chi connectivity index (χ0n) is 14.0. The molecule has 0 saturated heterocycles. The van der Waals surface area contributed by atoms with Crippen LogP contribution in [0.3, 0.4) is 0 Å². The van der Waals surface area contributed by atoms with Gasteiger partial charge in [0, 0.05) is 13.2 Å². The van der Waals surface area contributed by atoms with Gasteiger partial charge >= 0.3 is 0 Å². The molecule has 126 valence electrons. The Balaban J connectivity index is 2.35. The molecule has 5 heteroatoms. The predicted octanol–water partition coefficient (Wildman–Crippen LogP) is 2.82. The summed E-state index contributed by atoms with van der Waals surface area (Å²) in [5.74, 6) is 0. The summed E-state index contributed by atoms with van der Waals surface area (Å²) in [4.78, 5) is 0. The zero-order chi connectivity index (χ0) is 17.3. The molecule has 0 radical (unpaired) electrons. The zero-order valence-corrected chi connectivity index (χ0v) is 14.8. The van der Waals surface area contributed by atoms with Gasteiger partial charge in [-0.1, -0.05) is 43.0 Å². The van der Waals surface area contributed by atoms with Crippen LogP contribution in [0.1, 0.15) is 32.8 Å². The predicted molar refractivity (Wildman–Crippen MR) is 94.4 cm³/mol. The fraction of sp³-hybridized carbons (Fsp3) is 0.444. The molecule has 0 amide bonds. The van der Waals surface area contributed by atoms with Crippen LogP contribution in [-0.2, 0) is 10.0 Å². The lowest BCUT2D eigenvalue weighted by molar-refractivity contribution is 0.253. The molecule has 0 fully saturated rings. The van der Waals surface area contributed by atoms with Gasteiger partial charge in [-0.3, -0.25) is 0 Å². The number of rotatable bonds is 5. The minimum absolute atomic E-state index is 0.0692. The van der Waals surface area contributed by atoms with Crippen LogP contribution in [0, 0.1) is 0 Å². The lowest BCUT2D eigenvalue weighted by Gasteiger charge is -2.32. The summed E-state index contributed by atoms with van der Waals surface area (Å²) in [5.41, 5.74) is 2.67. The molecule has 1 aromatic rings. The maximum Gasteiger partial charge on any atom is 0.219 e. The Morgan fingerprint density at radius 1 is 1.30 bits per heavy atom. The standard InChI is InChI=1S/C18H25NO3S/c1-14(15-8-6-5-7-9-15)16-10-12-19(17(16)11-13-20)23(21,22)18(2,3)4/h5-10,17,20H,1,11-13H2,2-4H3/t17-/m0/s1. The van der Waals surface area contributed by atoms with Crippen molar-refractivity contribution >= 4 is 15.6 Å². The van der Waals surface area contributed by atoms with Crippen molar-refractivity contribution in [2.24, 2.45) is 0 Å². The van der Waals surface area contributed by atoms with Gasteiger partial charge in [-0.25, -0.2) is 8.42 Å². The van der Waals surface area contributed by atoms with Gasteiger partial charge in [-0.2, -0.15) is 4.31 Å². The Labute approximate surface area is 139 Å². The van der Waals surface area contributed by atoms with Crippen LogP contribution in [0.4, 0.5) is 0 Å². The Morgan fingerprint density at radius 2 is 1.91 bits per heavy atom. The van der Waals surface area contributed by atoms with Gasteiger partial charge in [0.15, 0.2) is 0 Å². The van der Waals surface area contributed by atoms with E-state index in [2.05, 4.69) is 6.58 Å². The second-order valence-corrected chi connectivity index (χ2v) is 9.36. The van der Waals surface area contributed by atoms with Crippen molar-refractivity contribution < 1.29 is 13.5 Å². The van der Waals surface area contributed by atoms with E-state index < -0.39 is 14.8 Å². The summed E-state index contributed by atoms with van der Waals surface area (Å²) in [6.45, 7) is 9.49. The molecule has 0 saturated carbocycles. The third kappa shape index (κ3) is 3.42. The van der Waals surface area contributed by atoms with Crippen molar-refractivity contribution in [3.05, 3.63) is 54.1 Å². The molecule has 1 atom stereocenters. The Kier molecular flexibility index (Phi) is 5.14. The molecule has 0 aromatic heterocycles. The maximum atomic E-state index is 12.8. The lowest BCUT2D eigenvalue weighted by Crippen LogP contribution is -2.46. The molecule has 2 rings (SSSR count). The SMILES string of the molecule is C=C(C1=CCN(S(=O)(=O)C(C)(C)C)[C@H]1CCO)c1ccccc1. The van der Waals surface area contributed by atoms with Crippen LogP contribution < -0.4 is 0 Å². The molecule has 1 aromatic carbocycles. The Morgan fingerprint density at radius 3 is 2.43 bits per heavy atom. The number of nitrogens with zero attached hydrogens (tertiary/aromatic N) is 1. The molecule has 0 bridgehead atoms. The van der Waals surface area contributed by atoms with E-state index in [4.69, 9.17) is 0 Å². The molecule has 1 aliphatic heterocycles. The summed E-state index contributed by atoms with van der Waals surface area (Å²) < 4.78 is 26.3. The van der Waals surface area contributed by atoms with E-state index in [0.717, 1.165) is 16.7 Å². The summed E-state index contributed by atoms with van der Waals surface area (Å²) in [6.07, 6.45) is 2.28. The second-order valence-electron chi connectivity index (χ2n) is 6.72. The molecule has 1 aliphatic rings. The molecular weight excluding hydrogens is 310 g/mol. The highest BCUT2D eigenvalue weighted by Crippen LogP contribution is 2.36. The van der Waals surface area contributed by atoms with Gasteiger partial charge in [-0.15, -0.1) is 0 Å². The number of benzene rings is 1.